The number of hydrogen-bond donors (Lipinski definition) is 0. The maximum atomic E-state index is 9.95. The third-order valence-electron chi connectivity index (χ3n) is 0.426. The van der Waals surface area contributed by atoms with Crippen molar-refractivity contribution in [3.63, 3.8) is 0 Å². The minimum atomic E-state index is -1.12. The zero-order valence-corrected chi connectivity index (χ0v) is 4.17. The molecule has 0 rings (SSSR count). The van der Waals surface area contributed by atoms with Crippen LogP contribution in [0.2, 0.25) is 0 Å². The van der Waals surface area contributed by atoms with Crippen LogP contribution in [0.15, 0.2) is 0 Å². The Morgan fingerprint density at radius 1 is 1.56 bits per heavy atom. The maximum absolute atomic E-state index is 9.95. The number of esters is 1. The van der Waals surface area contributed by atoms with Crippen molar-refractivity contribution in [2.75, 3.05) is 0 Å². The van der Waals surface area contributed by atoms with Gasteiger partial charge in [0, 0.05) is 6.92 Å². The van der Waals surface area contributed by atoms with Crippen LogP contribution in [0.5, 0.6) is 0 Å². The molecule has 5 heteroatoms. The molecule has 0 aliphatic heterocycles. The van der Waals surface area contributed by atoms with Crippen molar-refractivity contribution in [1.29, 1.82) is 5.26 Å². The molecule has 44 valence electrons. The molecule has 0 unspecified atom stereocenters. The number of ether oxygens (including phenoxy) is 1. The number of nitrogens with zero attached hydrogens (tertiary/aromatic N) is 1. The number of rotatable bonds is 1. The normalized spacial score (nSPS) is 6.22. The van der Waals surface area contributed by atoms with Crippen molar-refractivity contribution in [3.8, 4) is 6.26 Å². The summed E-state index contributed by atoms with van der Waals surface area (Å²) in [6.45, 7) is 1.03. The molecule has 9 heavy (non-hydrogen) atoms. The van der Waals surface area contributed by atoms with E-state index in [1.165, 1.54) is 0 Å². The van der Waals surface area contributed by atoms with E-state index >= 15 is 0 Å². The zero-order chi connectivity index (χ0) is 6.57. The fourth-order valence-corrected chi connectivity index (χ4v) is 0.113. The van der Waals surface area contributed by atoms with Crippen LogP contribution in [0.25, 0.3) is 0 Å². The third-order valence-corrected chi connectivity index (χ3v) is 0.426. The zero-order valence-electron chi connectivity index (χ0n) is 4.17. The number of hydrogen-bond acceptors (Lipinski definition) is 4. The van der Waals surface area contributed by atoms with E-state index in [2.05, 4.69) is 4.74 Å². The van der Waals surface area contributed by atoms with E-state index in [-0.39, 0.29) is 51.4 Å². The van der Waals surface area contributed by atoms with Crippen LogP contribution < -0.4 is 0 Å². The van der Waals surface area contributed by atoms with E-state index in [9.17, 15) is 9.59 Å². The summed E-state index contributed by atoms with van der Waals surface area (Å²) in [7, 11) is 0. The summed E-state index contributed by atoms with van der Waals surface area (Å²) in [4.78, 5) is 19.9. The fraction of sp³-hybridized carbons (Fsp3) is 0.250. The second-order valence-corrected chi connectivity index (χ2v) is 1.04. The van der Waals surface area contributed by atoms with Crippen LogP contribution in [0, 0.1) is 11.5 Å². The topological polar surface area (TPSA) is 67.2 Å². The first kappa shape index (κ1) is 12.0. The Balaban J connectivity index is 0. The number of ketones is 1. The average molecular weight is 153 g/mol. The van der Waals surface area contributed by atoms with Gasteiger partial charge in [-0.05, 0) is 0 Å². The Kier molecular flexibility index (Phi) is 8.51. The second-order valence-electron chi connectivity index (χ2n) is 1.04. The van der Waals surface area contributed by atoms with Gasteiger partial charge >= 0.3 is 57.4 Å². The monoisotopic (exact) mass is 153 g/mol. The number of Topliss-reactive ketones (excluding diaryl/α,β-unsaturated/α-hetero) is 1. The molecule has 0 aromatic rings. The molecular weight excluding hydrogens is 149 g/mol. The average Bonchev–Trinajstić information content (AvgIpc) is 1.67. The molecule has 0 aliphatic rings. The molecule has 0 N–H and O–H groups in total. The number of carbonyl (C=O) groups excluding carboxylic acids is 2. The minimum absolute atomic E-state index is 0. The van der Waals surface area contributed by atoms with Crippen molar-refractivity contribution >= 4 is 63.1 Å². The molecule has 0 atom stereocenters. The van der Waals surface area contributed by atoms with Crippen molar-refractivity contribution in [2.24, 2.45) is 0 Å². The Labute approximate surface area is 94.6 Å². The Morgan fingerprint density at radius 3 is 2.11 bits per heavy atom. The first-order valence-electron chi connectivity index (χ1n) is 1.79. The Morgan fingerprint density at radius 2 is 2.00 bits per heavy atom. The molecular formula is C4H4KNO3. The first-order chi connectivity index (χ1) is 3.68. The Hall–Kier alpha value is 0.266. The van der Waals surface area contributed by atoms with Gasteiger partial charge in [-0.15, -0.1) is 5.26 Å². The van der Waals surface area contributed by atoms with Crippen LogP contribution in [0.1, 0.15) is 6.92 Å². The van der Waals surface area contributed by atoms with Gasteiger partial charge in [0.15, 0.2) is 0 Å². The summed E-state index contributed by atoms with van der Waals surface area (Å²) < 4.78 is 3.62. The van der Waals surface area contributed by atoms with Crippen molar-refractivity contribution in [1.82, 2.24) is 0 Å². The van der Waals surface area contributed by atoms with Crippen molar-refractivity contribution < 1.29 is 14.3 Å². The van der Waals surface area contributed by atoms with E-state index < -0.39 is 11.8 Å². The van der Waals surface area contributed by atoms with Gasteiger partial charge in [-0.2, -0.15) is 0 Å². The number of nitriles is 1. The van der Waals surface area contributed by atoms with Crippen LogP contribution >= 0.6 is 0 Å². The molecule has 0 spiro atoms. The second kappa shape index (κ2) is 6.39. The van der Waals surface area contributed by atoms with Gasteiger partial charge in [-0.1, -0.05) is 0 Å². The van der Waals surface area contributed by atoms with E-state index in [0.717, 1.165) is 13.2 Å². The predicted molar refractivity (Wildman–Crippen MR) is 29.5 cm³/mol. The molecule has 0 radical (unpaired) electrons. The molecule has 0 amide bonds. The summed E-state index contributed by atoms with van der Waals surface area (Å²) in [5.41, 5.74) is 0. The molecule has 0 bridgehead atoms. The SMILES string of the molecule is CC(=O)C(=O)OC#N.[KH]. The van der Waals surface area contributed by atoms with Crippen LogP contribution in [-0.4, -0.2) is 63.1 Å². The van der Waals surface area contributed by atoms with Crippen LogP contribution in [0.3, 0.4) is 0 Å². The van der Waals surface area contributed by atoms with Gasteiger partial charge in [0.2, 0.25) is 5.78 Å². The van der Waals surface area contributed by atoms with Gasteiger partial charge in [-0.3, -0.25) is 4.79 Å². The molecule has 0 fully saturated rings. The standard InChI is InChI=1S/C4H3NO3.K.H/c1-3(6)4(7)8-2-5;;/h1H3;;. The molecule has 0 saturated carbocycles. The van der Waals surface area contributed by atoms with Crippen LogP contribution in [0.4, 0.5) is 0 Å². The van der Waals surface area contributed by atoms with Gasteiger partial charge < -0.3 is 4.74 Å². The molecule has 0 aromatic carbocycles. The predicted octanol–water partition coefficient (Wildman–Crippen LogP) is -1.05. The van der Waals surface area contributed by atoms with Gasteiger partial charge in [-0.25, -0.2) is 4.79 Å². The molecule has 0 saturated heterocycles. The van der Waals surface area contributed by atoms with Crippen LogP contribution in [-0.2, 0) is 14.3 Å². The summed E-state index contributed by atoms with van der Waals surface area (Å²) in [6, 6.07) is 0. The van der Waals surface area contributed by atoms with Crippen molar-refractivity contribution in [3.05, 3.63) is 0 Å². The number of carbonyl (C=O) groups is 2. The summed E-state index contributed by atoms with van der Waals surface area (Å²) >= 11 is 0. The van der Waals surface area contributed by atoms with Crippen molar-refractivity contribution in [2.45, 2.75) is 6.92 Å². The summed E-state index contributed by atoms with van der Waals surface area (Å²) in [5, 5.41) is 7.64. The third kappa shape index (κ3) is 6.15. The fourth-order valence-electron chi connectivity index (χ4n) is 0.113. The summed E-state index contributed by atoms with van der Waals surface area (Å²) in [5.74, 6) is -1.89. The van der Waals surface area contributed by atoms with E-state index in [4.69, 9.17) is 5.26 Å². The molecule has 0 aromatic heterocycles. The molecule has 0 heterocycles. The van der Waals surface area contributed by atoms with Gasteiger partial charge in [0.05, 0.1) is 0 Å². The quantitative estimate of drug-likeness (QED) is 0.209. The van der Waals surface area contributed by atoms with E-state index in [0.29, 0.717) is 0 Å². The van der Waals surface area contributed by atoms with E-state index in [1.54, 1.807) is 0 Å². The first-order valence-corrected chi connectivity index (χ1v) is 1.79. The molecule has 4 nitrogen and oxygen atoms in total. The summed E-state index contributed by atoms with van der Waals surface area (Å²) in [6.07, 6.45) is 1.08. The van der Waals surface area contributed by atoms with Gasteiger partial charge in [0.25, 0.3) is 6.26 Å². The Bertz CT molecular complexity index is 160. The van der Waals surface area contributed by atoms with E-state index in [1.807, 2.05) is 0 Å². The van der Waals surface area contributed by atoms with Gasteiger partial charge in [0.1, 0.15) is 0 Å². The molecule has 0 aliphatic carbocycles.